The predicted octanol–water partition coefficient (Wildman–Crippen LogP) is 4.77. The molecule has 0 radical (unpaired) electrons. The van der Waals surface area contributed by atoms with Gasteiger partial charge in [0.15, 0.2) is 0 Å². The third-order valence-electron chi connectivity index (χ3n) is 5.06. The molecule has 0 bridgehead atoms. The number of hydrogen-bond donors (Lipinski definition) is 1. The standard InChI is InChI=1S/C25H28N2O3S/c1-4-24(21-11-7-5-8-12-21)26-25(28)18-27(22-16-19(2)15-20(3)17-22)31(29,30)23-13-9-6-10-14-23/h5-17,24H,4,18H2,1-3H3,(H,26,28). The Hall–Kier alpha value is -3.12. The second-order valence-corrected chi connectivity index (χ2v) is 9.47. The van der Waals surface area contributed by atoms with E-state index in [2.05, 4.69) is 5.32 Å². The highest BCUT2D eigenvalue weighted by atomic mass is 32.2. The number of carbonyl (C=O) groups excluding carboxylic acids is 1. The van der Waals surface area contributed by atoms with Crippen LogP contribution in [-0.2, 0) is 14.8 Å². The summed E-state index contributed by atoms with van der Waals surface area (Å²) in [4.78, 5) is 13.2. The van der Waals surface area contributed by atoms with E-state index in [9.17, 15) is 13.2 Å². The molecule has 0 heterocycles. The number of aryl methyl sites for hydroxylation is 2. The molecule has 162 valence electrons. The van der Waals surface area contributed by atoms with E-state index in [0.717, 1.165) is 16.7 Å². The van der Waals surface area contributed by atoms with Crippen molar-refractivity contribution in [1.29, 1.82) is 0 Å². The van der Waals surface area contributed by atoms with Gasteiger partial charge in [-0.1, -0.05) is 61.5 Å². The van der Waals surface area contributed by atoms with Gasteiger partial charge in [0.2, 0.25) is 5.91 Å². The third-order valence-corrected chi connectivity index (χ3v) is 6.85. The van der Waals surface area contributed by atoms with E-state index in [-0.39, 0.29) is 23.4 Å². The number of anilines is 1. The number of sulfonamides is 1. The van der Waals surface area contributed by atoms with Gasteiger partial charge in [0, 0.05) is 0 Å². The van der Waals surface area contributed by atoms with Crippen LogP contribution in [0.15, 0.2) is 83.8 Å². The molecule has 0 saturated heterocycles. The normalized spacial score (nSPS) is 12.2. The molecule has 0 spiro atoms. The molecule has 1 amide bonds. The predicted molar refractivity (Wildman–Crippen MR) is 125 cm³/mol. The lowest BCUT2D eigenvalue weighted by atomic mass is 10.0. The maximum atomic E-state index is 13.5. The first-order valence-electron chi connectivity index (χ1n) is 10.3. The summed E-state index contributed by atoms with van der Waals surface area (Å²) < 4.78 is 28.1. The van der Waals surface area contributed by atoms with Crippen LogP contribution in [-0.4, -0.2) is 20.9 Å². The summed E-state index contributed by atoms with van der Waals surface area (Å²) in [6.07, 6.45) is 0.699. The third kappa shape index (κ3) is 5.52. The second-order valence-electron chi connectivity index (χ2n) is 7.61. The van der Waals surface area contributed by atoms with Gasteiger partial charge in [0.05, 0.1) is 16.6 Å². The fourth-order valence-corrected chi connectivity index (χ4v) is 5.03. The van der Waals surface area contributed by atoms with E-state index >= 15 is 0 Å². The van der Waals surface area contributed by atoms with Gasteiger partial charge in [0.1, 0.15) is 6.54 Å². The molecule has 1 atom stereocenters. The topological polar surface area (TPSA) is 66.5 Å². The first-order valence-corrected chi connectivity index (χ1v) is 11.8. The highest BCUT2D eigenvalue weighted by Crippen LogP contribution is 2.26. The molecule has 0 aliphatic heterocycles. The molecule has 1 N–H and O–H groups in total. The monoisotopic (exact) mass is 436 g/mol. The summed E-state index contributed by atoms with van der Waals surface area (Å²) in [6, 6.07) is 23.2. The van der Waals surface area contributed by atoms with Gasteiger partial charge in [-0.15, -0.1) is 0 Å². The van der Waals surface area contributed by atoms with Gasteiger partial charge in [-0.3, -0.25) is 9.10 Å². The molecule has 0 saturated carbocycles. The van der Waals surface area contributed by atoms with E-state index in [4.69, 9.17) is 0 Å². The Bertz CT molecular complexity index is 1110. The van der Waals surface area contributed by atoms with Gasteiger partial charge >= 0.3 is 0 Å². The Morgan fingerprint density at radius 3 is 2.00 bits per heavy atom. The molecule has 1 unspecified atom stereocenters. The van der Waals surface area contributed by atoms with Gasteiger partial charge in [-0.05, 0) is 61.2 Å². The molecule has 0 aromatic heterocycles. The van der Waals surface area contributed by atoms with Crippen molar-refractivity contribution < 1.29 is 13.2 Å². The van der Waals surface area contributed by atoms with Crippen molar-refractivity contribution in [2.75, 3.05) is 10.8 Å². The van der Waals surface area contributed by atoms with Crippen molar-refractivity contribution in [3.8, 4) is 0 Å². The average molecular weight is 437 g/mol. The van der Waals surface area contributed by atoms with Crippen molar-refractivity contribution in [2.45, 2.75) is 38.1 Å². The first-order chi connectivity index (χ1) is 14.8. The quantitative estimate of drug-likeness (QED) is 0.553. The molecule has 3 aromatic carbocycles. The minimum Gasteiger partial charge on any atom is -0.348 e. The number of nitrogens with zero attached hydrogens (tertiary/aromatic N) is 1. The molecule has 5 nitrogen and oxygen atoms in total. The van der Waals surface area contributed by atoms with Crippen LogP contribution in [0.5, 0.6) is 0 Å². The van der Waals surface area contributed by atoms with Gasteiger partial charge < -0.3 is 5.32 Å². The summed E-state index contributed by atoms with van der Waals surface area (Å²) in [7, 11) is -3.92. The summed E-state index contributed by atoms with van der Waals surface area (Å²) in [5.74, 6) is -0.352. The smallest absolute Gasteiger partial charge is 0.264 e. The maximum absolute atomic E-state index is 13.5. The Morgan fingerprint density at radius 2 is 1.45 bits per heavy atom. The highest BCUT2D eigenvalue weighted by Gasteiger charge is 2.28. The molecule has 31 heavy (non-hydrogen) atoms. The Kier molecular flexibility index (Phi) is 7.13. The lowest BCUT2D eigenvalue weighted by molar-refractivity contribution is -0.120. The molecular weight excluding hydrogens is 408 g/mol. The van der Waals surface area contributed by atoms with Crippen LogP contribution in [0.1, 0.15) is 36.1 Å². The van der Waals surface area contributed by atoms with Crippen LogP contribution in [0, 0.1) is 13.8 Å². The zero-order valence-electron chi connectivity index (χ0n) is 18.1. The number of nitrogens with one attached hydrogen (secondary N) is 1. The van der Waals surface area contributed by atoms with Gasteiger partial charge in [0.25, 0.3) is 10.0 Å². The molecule has 3 rings (SSSR count). The summed E-state index contributed by atoms with van der Waals surface area (Å²) in [6.45, 7) is 5.50. The highest BCUT2D eigenvalue weighted by molar-refractivity contribution is 7.92. The Balaban J connectivity index is 1.94. The van der Waals surface area contributed by atoms with Crippen molar-refractivity contribution in [3.63, 3.8) is 0 Å². The zero-order valence-corrected chi connectivity index (χ0v) is 18.9. The van der Waals surface area contributed by atoms with Gasteiger partial charge in [-0.25, -0.2) is 8.42 Å². The van der Waals surface area contributed by atoms with Crippen LogP contribution in [0.25, 0.3) is 0 Å². The zero-order chi connectivity index (χ0) is 22.4. The number of benzene rings is 3. The lowest BCUT2D eigenvalue weighted by Gasteiger charge is -2.26. The van der Waals surface area contributed by atoms with E-state index < -0.39 is 10.0 Å². The van der Waals surface area contributed by atoms with E-state index in [1.54, 1.807) is 42.5 Å². The van der Waals surface area contributed by atoms with Crippen molar-refractivity contribution in [2.24, 2.45) is 0 Å². The summed E-state index contributed by atoms with van der Waals surface area (Å²) in [5, 5.41) is 2.99. The molecule has 3 aromatic rings. The fraction of sp³-hybridized carbons (Fsp3) is 0.240. The molecule has 0 fully saturated rings. The minimum atomic E-state index is -3.92. The fourth-order valence-electron chi connectivity index (χ4n) is 3.61. The SMILES string of the molecule is CCC(NC(=O)CN(c1cc(C)cc(C)c1)S(=O)(=O)c1ccccc1)c1ccccc1. The average Bonchev–Trinajstić information content (AvgIpc) is 2.76. The molecule has 0 aliphatic rings. The summed E-state index contributed by atoms with van der Waals surface area (Å²) >= 11 is 0. The largest absolute Gasteiger partial charge is 0.348 e. The molecule has 6 heteroatoms. The second kappa shape index (κ2) is 9.79. The number of amides is 1. The van der Waals surface area contributed by atoms with E-state index in [1.165, 1.54) is 4.31 Å². The first kappa shape index (κ1) is 22.6. The summed E-state index contributed by atoms with van der Waals surface area (Å²) in [5.41, 5.74) is 3.32. The van der Waals surface area contributed by atoms with Crippen LogP contribution >= 0.6 is 0 Å². The number of hydrogen-bond acceptors (Lipinski definition) is 3. The molecule has 0 aliphatic carbocycles. The van der Waals surface area contributed by atoms with Crippen molar-refractivity contribution in [1.82, 2.24) is 5.32 Å². The van der Waals surface area contributed by atoms with Crippen molar-refractivity contribution in [3.05, 3.63) is 95.6 Å². The number of carbonyl (C=O) groups is 1. The van der Waals surface area contributed by atoms with Crippen LogP contribution < -0.4 is 9.62 Å². The van der Waals surface area contributed by atoms with E-state index in [1.807, 2.05) is 57.2 Å². The number of rotatable bonds is 8. The van der Waals surface area contributed by atoms with Crippen molar-refractivity contribution >= 4 is 21.6 Å². The lowest BCUT2D eigenvalue weighted by Crippen LogP contribution is -2.42. The van der Waals surface area contributed by atoms with Gasteiger partial charge in [-0.2, -0.15) is 0 Å². The molecular formula is C25H28N2O3S. The minimum absolute atomic E-state index is 0.150. The Labute approximate surface area is 184 Å². The van der Waals surface area contributed by atoms with Crippen LogP contribution in [0.3, 0.4) is 0 Å². The maximum Gasteiger partial charge on any atom is 0.264 e. The van der Waals surface area contributed by atoms with Crippen LogP contribution in [0.2, 0.25) is 0 Å². The Morgan fingerprint density at radius 1 is 0.903 bits per heavy atom. The van der Waals surface area contributed by atoms with E-state index in [0.29, 0.717) is 12.1 Å². The van der Waals surface area contributed by atoms with Crippen LogP contribution in [0.4, 0.5) is 5.69 Å².